The van der Waals surface area contributed by atoms with E-state index >= 15 is 0 Å². The number of benzene rings is 1. The predicted octanol–water partition coefficient (Wildman–Crippen LogP) is 2.16. The van der Waals surface area contributed by atoms with E-state index in [1.165, 1.54) is 0 Å². The van der Waals surface area contributed by atoms with E-state index in [2.05, 4.69) is 5.32 Å². The monoisotopic (exact) mass is 213 g/mol. The van der Waals surface area contributed by atoms with Crippen molar-refractivity contribution < 1.29 is 9.90 Å². The third kappa shape index (κ3) is 1.82. The summed E-state index contributed by atoms with van der Waals surface area (Å²) in [6.45, 7) is 0.872. The Balaban J connectivity index is 0.000000980. The van der Waals surface area contributed by atoms with E-state index in [9.17, 15) is 4.79 Å². The van der Waals surface area contributed by atoms with E-state index in [0.717, 1.165) is 30.6 Å². The van der Waals surface area contributed by atoms with Crippen LogP contribution in [0.4, 0.5) is 5.69 Å². The molecule has 1 aliphatic heterocycles. The lowest BCUT2D eigenvalue weighted by atomic mass is 10.00. The van der Waals surface area contributed by atoms with Gasteiger partial charge in [0.1, 0.15) is 0 Å². The van der Waals surface area contributed by atoms with Gasteiger partial charge in [0.2, 0.25) is 0 Å². The molecule has 0 aliphatic carbocycles. The lowest BCUT2D eigenvalue weighted by molar-refractivity contribution is 0.0698. The summed E-state index contributed by atoms with van der Waals surface area (Å²) in [5.74, 6) is -0.855. The Morgan fingerprint density at radius 3 is 2.93 bits per heavy atom. The molecule has 76 valence electrons. The maximum absolute atomic E-state index is 10.8. The van der Waals surface area contributed by atoms with Gasteiger partial charge in [-0.15, -0.1) is 12.4 Å². The molecule has 0 unspecified atom stereocenters. The van der Waals surface area contributed by atoms with Gasteiger partial charge in [-0.25, -0.2) is 4.79 Å². The average Bonchev–Trinajstić information content (AvgIpc) is 2.17. The summed E-state index contributed by atoms with van der Waals surface area (Å²) >= 11 is 0. The summed E-state index contributed by atoms with van der Waals surface area (Å²) in [6.07, 6.45) is 2.06. The van der Waals surface area contributed by atoms with Crippen LogP contribution in [0.25, 0.3) is 0 Å². The third-order valence-corrected chi connectivity index (χ3v) is 2.31. The van der Waals surface area contributed by atoms with Crippen molar-refractivity contribution in [3.63, 3.8) is 0 Å². The van der Waals surface area contributed by atoms with Crippen LogP contribution >= 0.6 is 12.4 Å². The van der Waals surface area contributed by atoms with E-state index in [4.69, 9.17) is 5.11 Å². The van der Waals surface area contributed by atoms with Gasteiger partial charge in [-0.1, -0.05) is 12.1 Å². The van der Waals surface area contributed by atoms with Gasteiger partial charge < -0.3 is 10.4 Å². The summed E-state index contributed by atoms with van der Waals surface area (Å²) in [6, 6.07) is 5.42. The minimum Gasteiger partial charge on any atom is -0.478 e. The van der Waals surface area contributed by atoms with Crippen LogP contribution in [0, 0.1) is 0 Å². The van der Waals surface area contributed by atoms with Gasteiger partial charge in [0.15, 0.2) is 0 Å². The number of hydrogen-bond acceptors (Lipinski definition) is 2. The Morgan fingerprint density at radius 1 is 1.43 bits per heavy atom. The molecule has 0 amide bonds. The lowest BCUT2D eigenvalue weighted by Gasteiger charge is -2.19. The first-order valence-electron chi connectivity index (χ1n) is 4.38. The molecule has 3 nitrogen and oxygen atoms in total. The van der Waals surface area contributed by atoms with E-state index in [1.54, 1.807) is 12.1 Å². The number of nitrogens with one attached hydrogen (secondary N) is 1. The van der Waals surface area contributed by atoms with E-state index in [1.807, 2.05) is 6.07 Å². The fourth-order valence-electron chi connectivity index (χ4n) is 1.69. The Morgan fingerprint density at radius 2 is 2.21 bits per heavy atom. The normalized spacial score (nSPS) is 13.4. The summed E-state index contributed by atoms with van der Waals surface area (Å²) in [7, 11) is 0. The van der Waals surface area contributed by atoms with Crippen molar-refractivity contribution in [3.05, 3.63) is 29.3 Å². The van der Waals surface area contributed by atoms with Crippen LogP contribution in [0.2, 0.25) is 0 Å². The number of carbonyl (C=O) groups is 1. The molecular weight excluding hydrogens is 202 g/mol. The van der Waals surface area contributed by atoms with E-state index < -0.39 is 5.97 Å². The summed E-state index contributed by atoms with van der Waals surface area (Å²) in [5, 5.41) is 12.0. The Bertz CT molecular complexity index is 352. The van der Waals surface area contributed by atoms with Crippen LogP contribution in [0.3, 0.4) is 0 Å². The molecule has 1 heterocycles. The minimum absolute atomic E-state index is 0. The van der Waals surface area contributed by atoms with Crippen molar-refractivity contribution in [2.24, 2.45) is 0 Å². The zero-order chi connectivity index (χ0) is 9.26. The standard InChI is InChI=1S/C10H11NO2.ClH/c12-10(13)8-5-1-3-7-4-2-6-11-9(7)8;/h1,3,5,11H,2,4,6H2,(H,12,13);1H. The van der Waals surface area contributed by atoms with Gasteiger partial charge in [-0.3, -0.25) is 0 Å². The van der Waals surface area contributed by atoms with Gasteiger partial charge in [0, 0.05) is 6.54 Å². The molecule has 2 N–H and O–H groups in total. The third-order valence-electron chi connectivity index (χ3n) is 2.31. The summed E-state index contributed by atoms with van der Waals surface area (Å²) in [4.78, 5) is 10.8. The van der Waals surface area contributed by atoms with Crippen LogP contribution in [-0.4, -0.2) is 17.6 Å². The molecule has 0 spiro atoms. The molecule has 1 aromatic rings. The van der Waals surface area contributed by atoms with Gasteiger partial charge in [0.25, 0.3) is 0 Å². The number of fused-ring (bicyclic) bond motifs is 1. The van der Waals surface area contributed by atoms with Crippen molar-refractivity contribution >= 4 is 24.1 Å². The molecule has 0 saturated heterocycles. The summed E-state index contributed by atoms with van der Waals surface area (Å²) < 4.78 is 0. The molecule has 0 atom stereocenters. The molecule has 0 aromatic heterocycles. The molecule has 1 aromatic carbocycles. The van der Waals surface area contributed by atoms with Crippen molar-refractivity contribution in [2.75, 3.05) is 11.9 Å². The highest BCUT2D eigenvalue weighted by Crippen LogP contribution is 2.25. The van der Waals surface area contributed by atoms with Gasteiger partial charge >= 0.3 is 5.97 Å². The quantitative estimate of drug-likeness (QED) is 0.752. The first-order chi connectivity index (χ1) is 6.29. The van der Waals surface area contributed by atoms with Crippen LogP contribution in [-0.2, 0) is 6.42 Å². The maximum atomic E-state index is 10.8. The highest BCUT2D eigenvalue weighted by atomic mass is 35.5. The smallest absolute Gasteiger partial charge is 0.337 e. The number of anilines is 1. The van der Waals surface area contributed by atoms with Crippen LogP contribution in [0.15, 0.2) is 18.2 Å². The second-order valence-electron chi connectivity index (χ2n) is 3.18. The lowest BCUT2D eigenvalue weighted by Crippen LogP contribution is -2.15. The number of hydrogen-bond donors (Lipinski definition) is 2. The fourth-order valence-corrected chi connectivity index (χ4v) is 1.69. The van der Waals surface area contributed by atoms with Crippen molar-refractivity contribution in [1.82, 2.24) is 0 Å². The fraction of sp³-hybridized carbons (Fsp3) is 0.300. The van der Waals surface area contributed by atoms with Crippen molar-refractivity contribution in [1.29, 1.82) is 0 Å². The first kappa shape index (κ1) is 10.9. The predicted molar refractivity (Wildman–Crippen MR) is 57.5 cm³/mol. The van der Waals surface area contributed by atoms with Gasteiger partial charge in [0.05, 0.1) is 11.3 Å². The Kier molecular flexibility index (Phi) is 3.36. The van der Waals surface area contributed by atoms with Gasteiger partial charge in [-0.05, 0) is 24.5 Å². The van der Waals surface area contributed by atoms with E-state index in [-0.39, 0.29) is 12.4 Å². The van der Waals surface area contributed by atoms with Gasteiger partial charge in [-0.2, -0.15) is 0 Å². The molecule has 0 saturated carbocycles. The largest absolute Gasteiger partial charge is 0.478 e. The van der Waals surface area contributed by atoms with Crippen molar-refractivity contribution in [2.45, 2.75) is 12.8 Å². The second-order valence-corrected chi connectivity index (χ2v) is 3.18. The highest BCUT2D eigenvalue weighted by Gasteiger charge is 2.15. The summed E-state index contributed by atoms with van der Waals surface area (Å²) in [5.41, 5.74) is 2.31. The zero-order valence-electron chi connectivity index (χ0n) is 7.62. The molecule has 1 aliphatic rings. The molecule has 0 radical (unpaired) electrons. The number of halogens is 1. The molecule has 2 rings (SSSR count). The van der Waals surface area contributed by atoms with Crippen molar-refractivity contribution in [3.8, 4) is 0 Å². The zero-order valence-corrected chi connectivity index (χ0v) is 8.43. The number of para-hydroxylation sites is 1. The second kappa shape index (κ2) is 4.33. The minimum atomic E-state index is -0.855. The van der Waals surface area contributed by atoms with Crippen LogP contribution in [0.1, 0.15) is 22.3 Å². The Hall–Kier alpha value is -1.22. The SMILES string of the molecule is Cl.O=C(O)c1cccc2c1NCCC2. The number of carboxylic acid groups (broad SMARTS) is 1. The topological polar surface area (TPSA) is 49.3 Å². The van der Waals surface area contributed by atoms with E-state index in [0.29, 0.717) is 5.56 Å². The molecule has 0 bridgehead atoms. The maximum Gasteiger partial charge on any atom is 0.337 e. The number of aromatic carboxylic acids is 1. The average molecular weight is 214 g/mol. The molecule has 4 heteroatoms. The molecule has 0 fully saturated rings. The van der Waals surface area contributed by atoms with Crippen LogP contribution < -0.4 is 5.32 Å². The molecule has 14 heavy (non-hydrogen) atoms. The first-order valence-corrected chi connectivity index (χ1v) is 4.38. The number of rotatable bonds is 1. The number of carboxylic acids is 1. The van der Waals surface area contributed by atoms with Crippen LogP contribution in [0.5, 0.6) is 0 Å². The highest BCUT2D eigenvalue weighted by molar-refractivity contribution is 5.95. The molecular formula is C10H12ClNO2. The Labute approximate surface area is 88.5 Å². The number of aryl methyl sites for hydroxylation is 1.